The van der Waals surface area contributed by atoms with Crippen molar-refractivity contribution < 1.29 is 4.79 Å². The number of nitrogens with zero attached hydrogens (tertiary/aromatic N) is 1. The molecule has 2 N–H and O–H groups in total. The highest BCUT2D eigenvalue weighted by molar-refractivity contribution is 7.09. The molecule has 0 aliphatic heterocycles. The van der Waals surface area contributed by atoms with Crippen molar-refractivity contribution in [2.45, 2.75) is 31.7 Å². The number of amides is 2. The molecule has 2 amide bonds. The van der Waals surface area contributed by atoms with E-state index in [9.17, 15) is 4.79 Å². The summed E-state index contributed by atoms with van der Waals surface area (Å²) in [6.07, 6.45) is 6.23. The van der Waals surface area contributed by atoms with Crippen LogP contribution in [0.1, 0.15) is 35.9 Å². The van der Waals surface area contributed by atoms with Gasteiger partial charge in [-0.05, 0) is 24.3 Å². The predicted molar refractivity (Wildman–Crippen MR) is 88.9 cm³/mol. The van der Waals surface area contributed by atoms with Gasteiger partial charge in [0, 0.05) is 24.5 Å². The number of benzene rings is 1. The van der Waals surface area contributed by atoms with Crippen molar-refractivity contribution in [3.63, 3.8) is 0 Å². The number of carbonyl (C=O) groups is 1. The van der Waals surface area contributed by atoms with Crippen molar-refractivity contribution >= 4 is 17.4 Å². The Labute approximate surface area is 135 Å². The molecule has 1 atom stereocenters. The first kappa shape index (κ1) is 15.0. The van der Waals surface area contributed by atoms with E-state index in [2.05, 4.69) is 27.8 Å². The molecule has 3 rings (SSSR count). The van der Waals surface area contributed by atoms with Crippen LogP contribution >= 0.6 is 11.3 Å². The summed E-state index contributed by atoms with van der Waals surface area (Å²) in [7, 11) is 0. The van der Waals surface area contributed by atoms with E-state index >= 15 is 0 Å². The number of urea groups is 1. The number of hydrogen-bond donors (Lipinski definition) is 2. The van der Waals surface area contributed by atoms with Gasteiger partial charge in [0.15, 0.2) is 0 Å². The first-order valence-corrected chi connectivity index (χ1v) is 8.68. The maximum absolute atomic E-state index is 12.2. The molecule has 1 fully saturated rings. The van der Waals surface area contributed by atoms with Crippen molar-refractivity contribution in [3.8, 4) is 0 Å². The third kappa shape index (κ3) is 3.85. The zero-order valence-corrected chi connectivity index (χ0v) is 13.3. The normalized spacial score (nSPS) is 15.8. The van der Waals surface area contributed by atoms with Crippen molar-refractivity contribution in [1.29, 1.82) is 0 Å². The average molecular weight is 315 g/mol. The largest absolute Gasteiger partial charge is 0.338 e. The van der Waals surface area contributed by atoms with Crippen LogP contribution in [0.5, 0.6) is 0 Å². The second-order valence-electron chi connectivity index (χ2n) is 5.66. The molecule has 5 heteroatoms. The average Bonchev–Trinajstić information content (AvgIpc) is 2.99. The zero-order valence-electron chi connectivity index (χ0n) is 12.5. The highest BCUT2D eigenvalue weighted by Crippen LogP contribution is 2.37. The second kappa shape index (κ2) is 7.40. The minimum absolute atomic E-state index is 0.0858. The summed E-state index contributed by atoms with van der Waals surface area (Å²) in [6, 6.07) is 10.3. The summed E-state index contributed by atoms with van der Waals surface area (Å²) in [5.74, 6) is 0.562. The van der Waals surface area contributed by atoms with Crippen LogP contribution in [-0.4, -0.2) is 17.6 Å². The topological polar surface area (TPSA) is 54.0 Å². The molecule has 1 heterocycles. The lowest BCUT2D eigenvalue weighted by atomic mass is 9.77. The molecule has 4 nitrogen and oxygen atoms in total. The van der Waals surface area contributed by atoms with E-state index in [1.165, 1.54) is 24.8 Å². The van der Waals surface area contributed by atoms with Gasteiger partial charge in [-0.25, -0.2) is 9.78 Å². The Bertz CT molecular complexity index is 581. The molecule has 1 unspecified atom stereocenters. The smallest absolute Gasteiger partial charge is 0.315 e. The van der Waals surface area contributed by atoms with Crippen LogP contribution in [0, 0.1) is 5.92 Å². The SMILES string of the molecule is O=C(NCCc1nccs1)NC(c1ccccc1)C1CCC1. The van der Waals surface area contributed by atoms with Crippen LogP contribution < -0.4 is 10.6 Å². The standard InChI is InChI=1S/C17H21N3OS/c21-17(19-10-9-15-18-11-12-22-15)20-16(14-7-4-8-14)13-5-2-1-3-6-13/h1-3,5-6,11-12,14,16H,4,7-10H2,(H2,19,20,21). The fraction of sp³-hybridized carbons (Fsp3) is 0.412. The number of nitrogens with one attached hydrogen (secondary N) is 2. The first-order chi connectivity index (χ1) is 10.8. The molecule has 2 aromatic rings. The highest BCUT2D eigenvalue weighted by Gasteiger charge is 2.29. The fourth-order valence-corrected chi connectivity index (χ4v) is 3.38. The third-order valence-corrected chi connectivity index (χ3v) is 5.01. The Balaban J connectivity index is 1.52. The van der Waals surface area contributed by atoms with Gasteiger partial charge in [0.2, 0.25) is 0 Å². The van der Waals surface area contributed by atoms with E-state index < -0.39 is 0 Å². The minimum Gasteiger partial charge on any atom is -0.338 e. The van der Waals surface area contributed by atoms with E-state index in [1.54, 1.807) is 17.5 Å². The molecule has 116 valence electrons. The lowest BCUT2D eigenvalue weighted by molar-refractivity contribution is 0.208. The number of thiazole rings is 1. The minimum atomic E-state index is -0.0858. The maximum atomic E-state index is 12.2. The summed E-state index contributed by atoms with van der Waals surface area (Å²) in [5, 5.41) is 9.10. The molecule has 1 aromatic carbocycles. The Hall–Kier alpha value is -1.88. The molecular formula is C17H21N3OS. The summed E-state index contributed by atoms with van der Waals surface area (Å²) >= 11 is 1.62. The van der Waals surface area contributed by atoms with Crippen LogP contribution in [0.3, 0.4) is 0 Å². The van der Waals surface area contributed by atoms with Gasteiger partial charge in [0.1, 0.15) is 0 Å². The van der Waals surface area contributed by atoms with Crippen molar-refractivity contribution in [1.82, 2.24) is 15.6 Å². The lowest BCUT2D eigenvalue weighted by Crippen LogP contribution is -2.42. The Morgan fingerprint density at radius 1 is 1.32 bits per heavy atom. The molecule has 1 aromatic heterocycles. The van der Waals surface area contributed by atoms with Gasteiger partial charge >= 0.3 is 6.03 Å². The second-order valence-corrected chi connectivity index (χ2v) is 6.63. The van der Waals surface area contributed by atoms with Crippen LogP contribution in [0.25, 0.3) is 0 Å². The van der Waals surface area contributed by atoms with E-state index in [0.717, 1.165) is 11.4 Å². The van der Waals surface area contributed by atoms with Crippen LogP contribution in [0.4, 0.5) is 4.79 Å². The molecule has 1 saturated carbocycles. The number of carbonyl (C=O) groups excluding carboxylic acids is 1. The van der Waals surface area contributed by atoms with Gasteiger partial charge in [0.05, 0.1) is 11.0 Å². The molecule has 0 bridgehead atoms. The van der Waals surface area contributed by atoms with E-state index in [0.29, 0.717) is 12.5 Å². The van der Waals surface area contributed by atoms with Crippen molar-refractivity contribution in [2.75, 3.05) is 6.54 Å². The summed E-state index contributed by atoms with van der Waals surface area (Å²) < 4.78 is 0. The van der Waals surface area contributed by atoms with Gasteiger partial charge in [0.25, 0.3) is 0 Å². The molecule has 0 saturated heterocycles. The van der Waals surface area contributed by atoms with Crippen LogP contribution in [-0.2, 0) is 6.42 Å². The molecule has 1 aliphatic rings. The summed E-state index contributed by atoms with van der Waals surface area (Å²) in [4.78, 5) is 16.4. The Kier molecular flexibility index (Phi) is 5.06. The van der Waals surface area contributed by atoms with Gasteiger partial charge in [-0.1, -0.05) is 36.8 Å². The Morgan fingerprint density at radius 2 is 2.14 bits per heavy atom. The monoisotopic (exact) mass is 315 g/mol. The lowest BCUT2D eigenvalue weighted by Gasteiger charge is -2.34. The number of hydrogen-bond acceptors (Lipinski definition) is 3. The zero-order chi connectivity index (χ0) is 15.2. The number of aromatic nitrogens is 1. The van der Waals surface area contributed by atoms with E-state index in [1.807, 2.05) is 23.6 Å². The van der Waals surface area contributed by atoms with Gasteiger partial charge < -0.3 is 10.6 Å². The molecule has 1 aliphatic carbocycles. The van der Waals surface area contributed by atoms with Gasteiger partial charge in [-0.3, -0.25) is 0 Å². The van der Waals surface area contributed by atoms with Crippen LogP contribution in [0.2, 0.25) is 0 Å². The van der Waals surface area contributed by atoms with Gasteiger partial charge in [-0.2, -0.15) is 0 Å². The third-order valence-electron chi connectivity index (χ3n) is 4.17. The van der Waals surface area contributed by atoms with E-state index in [-0.39, 0.29) is 12.1 Å². The maximum Gasteiger partial charge on any atom is 0.315 e. The predicted octanol–water partition coefficient (Wildman–Crippen LogP) is 3.53. The molecule has 22 heavy (non-hydrogen) atoms. The molecular weight excluding hydrogens is 294 g/mol. The molecule has 0 radical (unpaired) electrons. The summed E-state index contributed by atoms with van der Waals surface area (Å²) in [5.41, 5.74) is 1.20. The van der Waals surface area contributed by atoms with Gasteiger partial charge in [-0.15, -0.1) is 11.3 Å². The van der Waals surface area contributed by atoms with Crippen molar-refractivity contribution in [3.05, 3.63) is 52.5 Å². The fourth-order valence-electron chi connectivity index (χ4n) is 2.76. The molecule has 0 spiro atoms. The quantitative estimate of drug-likeness (QED) is 0.857. The van der Waals surface area contributed by atoms with Crippen molar-refractivity contribution in [2.24, 2.45) is 5.92 Å². The first-order valence-electron chi connectivity index (χ1n) is 7.80. The van der Waals surface area contributed by atoms with E-state index in [4.69, 9.17) is 0 Å². The summed E-state index contributed by atoms with van der Waals surface area (Å²) in [6.45, 7) is 0.617. The highest BCUT2D eigenvalue weighted by atomic mass is 32.1. The van der Waals surface area contributed by atoms with Crippen LogP contribution in [0.15, 0.2) is 41.9 Å². The Morgan fingerprint density at radius 3 is 2.77 bits per heavy atom. The number of rotatable bonds is 6.